The second-order valence-electron chi connectivity index (χ2n) is 5.07. The first-order valence-corrected chi connectivity index (χ1v) is 9.43. The van der Waals surface area contributed by atoms with E-state index < -0.39 is 10.0 Å². The van der Waals surface area contributed by atoms with Crippen molar-refractivity contribution in [3.63, 3.8) is 0 Å². The Bertz CT molecular complexity index is 539. The first-order valence-electron chi connectivity index (χ1n) is 6.64. The third kappa shape index (κ3) is 3.15. The van der Waals surface area contributed by atoms with E-state index in [-0.39, 0.29) is 0 Å². The van der Waals surface area contributed by atoms with Gasteiger partial charge in [0, 0.05) is 22.8 Å². The minimum absolute atomic E-state index is 0.374. The van der Waals surface area contributed by atoms with Gasteiger partial charge in [-0.25, -0.2) is 8.42 Å². The Labute approximate surface area is 124 Å². The molecule has 1 aliphatic rings. The van der Waals surface area contributed by atoms with Crippen LogP contribution < -0.4 is 0 Å². The molecule has 0 N–H and O–H groups in total. The summed E-state index contributed by atoms with van der Waals surface area (Å²) < 4.78 is 26.9. The standard InChI is InChI=1S/C13H20ClNO2S2/c1-3-4-11-5-6-15(9-11)19(16,17)13-7-12(8-14)18-10(13)2/h7,11H,3-6,8-9H2,1-2H3. The van der Waals surface area contributed by atoms with Crippen molar-refractivity contribution in [2.75, 3.05) is 13.1 Å². The predicted molar refractivity (Wildman–Crippen MR) is 80.4 cm³/mol. The zero-order valence-electron chi connectivity index (χ0n) is 11.4. The predicted octanol–water partition coefficient (Wildman–Crippen LogP) is 3.61. The molecule has 1 saturated heterocycles. The number of thiophene rings is 1. The van der Waals surface area contributed by atoms with E-state index in [0.29, 0.717) is 29.8 Å². The van der Waals surface area contributed by atoms with Gasteiger partial charge in [0.05, 0.1) is 10.8 Å². The molecule has 1 aromatic heterocycles. The van der Waals surface area contributed by atoms with Crippen LogP contribution in [0.4, 0.5) is 0 Å². The van der Waals surface area contributed by atoms with Crippen molar-refractivity contribution in [2.24, 2.45) is 5.92 Å². The minimum atomic E-state index is -3.32. The van der Waals surface area contributed by atoms with Crippen molar-refractivity contribution in [2.45, 2.75) is 43.9 Å². The number of rotatable bonds is 5. The zero-order valence-corrected chi connectivity index (χ0v) is 13.7. The van der Waals surface area contributed by atoms with Gasteiger partial charge in [-0.15, -0.1) is 22.9 Å². The molecule has 0 amide bonds. The second-order valence-corrected chi connectivity index (χ2v) is 8.59. The fraction of sp³-hybridized carbons (Fsp3) is 0.692. The summed E-state index contributed by atoms with van der Waals surface area (Å²) in [7, 11) is -3.32. The summed E-state index contributed by atoms with van der Waals surface area (Å²) in [5.41, 5.74) is 0. The number of aryl methyl sites for hydroxylation is 1. The summed E-state index contributed by atoms with van der Waals surface area (Å²) in [6, 6.07) is 1.73. The molecule has 1 fully saturated rings. The number of sulfonamides is 1. The lowest BCUT2D eigenvalue weighted by atomic mass is 10.0. The molecule has 2 rings (SSSR count). The highest BCUT2D eigenvalue weighted by Gasteiger charge is 2.33. The van der Waals surface area contributed by atoms with Crippen molar-refractivity contribution in [3.8, 4) is 0 Å². The molecule has 0 radical (unpaired) electrons. The van der Waals surface area contributed by atoms with E-state index in [9.17, 15) is 8.42 Å². The van der Waals surface area contributed by atoms with Gasteiger partial charge in [-0.3, -0.25) is 0 Å². The van der Waals surface area contributed by atoms with Crippen LogP contribution in [-0.4, -0.2) is 25.8 Å². The van der Waals surface area contributed by atoms with E-state index in [1.807, 2.05) is 6.92 Å². The highest BCUT2D eigenvalue weighted by Crippen LogP contribution is 2.32. The van der Waals surface area contributed by atoms with Gasteiger partial charge in [0.25, 0.3) is 0 Å². The van der Waals surface area contributed by atoms with Crippen LogP contribution >= 0.6 is 22.9 Å². The smallest absolute Gasteiger partial charge is 0.207 e. The molecule has 108 valence electrons. The van der Waals surface area contributed by atoms with Gasteiger partial charge in [0.1, 0.15) is 0 Å². The highest BCUT2D eigenvalue weighted by molar-refractivity contribution is 7.89. The van der Waals surface area contributed by atoms with Crippen LogP contribution in [0, 0.1) is 12.8 Å². The van der Waals surface area contributed by atoms with Gasteiger partial charge in [-0.1, -0.05) is 13.3 Å². The van der Waals surface area contributed by atoms with Gasteiger partial charge < -0.3 is 0 Å². The summed E-state index contributed by atoms with van der Waals surface area (Å²) in [5.74, 6) is 0.894. The Morgan fingerprint density at radius 1 is 1.53 bits per heavy atom. The summed E-state index contributed by atoms with van der Waals surface area (Å²) in [5, 5.41) is 0. The van der Waals surface area contributed by atoms with Crippen LogP contribution in [0.25, 0.3) is 0 Å². The Morgan fingerprint density at radius 3 is 2.84 bits per heavy atom. The van der Waals surface area contributed by atoms with E-state index >= 15 is 0 Å². The van der Waals surface area contributed by atoms with Crippen LogP contribution in [-0.2, 0) is 15.9 Å². The van der Waals surface area contributed by atoms with Gasteiger partial charge in [0.2, 0.25) is 10.0 Å². The molecule has 0 bridgehead atoms. The average molecular weight is 322 g/mol. The Kier molecular flexibility index (Phi) is 4.93. The van der Waals surface area contributed by atoms with Crippen LogP contribution in [0.1, 0.15) is 35.9 Å². The maximum atomic E-state index is 12.6. The van der Waals surface area contributed by atoms with E-state index in [0.717, 1.165) is 29.0 Å². The van der Waals surface area contributed by atoms with Gasteiger partial charge >= 0.3 is 0 Å². The molecular weight excluding hydrogens is 302 g/mol. The lowest BCUT2D eigenvalue weighted by Gasteiger charge is -2.16. The number of nitrogens with zero attached hydrogens (tertiary/aromatic N) is 1. The molecule has 0 aliphatic carbocycles. The van der Waals surface area contributed by atoms with Crippen molar-refractivity contribution in [1.29, 1.82) is 0 Å². The molecule has 1 aromatic rings. The monoisotopic (exact) mass is 321 g/mol. The molecule has 0 spiro atoms. The van der Waals surface area contributed by atoms with Gasteiger partial charge in [-0.05, 0) is 31.7 Å². The maximum Gasteiger partial charge on any atom is 0.244 e. The summed E-state index contributed by atoms with van der Waals surface area (Å²) in [6.45, 7) is 5.32. The topological polar surface area (TPSA) is 37.4 Å². The fourth-order valence-electron chi connectivity index (χ4n) is 2.64. The quantitative estimate of drug-likeness (QED) is 0.777. The molecule has 3 nitrogen and oxygen atoms in total. The molecule has 2 heterocycles. The van der Waals surface area contributed by atoms with E-state index in [1.165, 1.54) is 11.3 Å². The van der Waals surface area contributed by atoms with Crippen LogP contribution in [0.5, 0.6) is 0 Å². The van der Waals surface area contributed by atoms with Crippen molar-refractivity contribution in [1.82, 2.24) is 4.31 Å². The first-order chi connectivity index (χ1) is 8.98. The Morgan fingerprint density at radius 2 is 2.26 bits per heavy atom. The van der Waals surface area contributed by atoms with E-state index in [1.54, 1.807) is 10.4 Å². The molecular formula is C13H20ClNO2S2. The van der Waals surface area contributed by atoms with E-state index in [4.69, 9.17) is 11.6 Å². The molecule has 19 heavy (non-hydrogen) atoms. The lowest BCUT2D eigenvalue weighted by molar-refractivity contribution is 0.444. The molecule has 1 atom stereocenters. The summed E-state index contributed by atoms with van der Waals surface area (Å²) in [4.78, 5) is 2.21. The minimum Gasteiger partial charge on any atom is -0.207 e. The average Bonchev–Trinajstić information content (AvgIpc) is 2.96. The summed E-state index contributed by atoms with van der Waals surface area (Å²) in [6.07, 6.45) is 3.21. The largest absolute Gasteiger partial charge is 0.244 e. The molecule has 0 aromatic carbocycles. The SMILES string of the molecule is CCCC1CCN(S(=O)(=O)c2cc(CCl)sc2C)C1. The maximum absolute atomic E-state index is 12.6. The Hall–Kier alpha value is -0.100. The molecule has 1 aliphatic heterocycles. The molecule has 6 heteroatoms. The number of hydrogen-bond acceptors (Lipinski definition) is 3. The highest BCUT2D eigenvalue weighted by atomic mass is 35.5. The first kappa shape index (κ1) is 15.3. The number of alkyl halides is 1. The second kappa shape index (κ2) is 6.12. The third-order valence-corrected chi connectivity index (χ3v) is 7.24. The molecule has 0 saturated carbocycles. The van der Waals surface area contributed by atoms with Crippen molar-refractivity contribution in [3.05, 3.63) is 15.8 Å². The normalized spacial score (nSPS) is 21.1. The lowest BCUT2D eigenvalue weighted by Crippen LogP contribution is -2.29. The van der Waals surface area contributed by atoms with Gasteiger partial charge in [-0.2, -0.15) is 4.31 Å². The van der Waals surface area contributed by atoms with Gasteiger partial charge in [0.15, 0.2) is 0 Å². The Balaban J connectivity index is 2.21. The fourth-order valence-corrected chi connectivity index (χ4v) is 5.87. The number of hydrogen-bond donors (Lipinski definition) is 0. The zero-order chi connectivity index (χ0) is 14.0. The van der Waals surface area contributed by atoms with Crippen molar-refractivity contribution >= 4 is 33.0 Å². The van der Waals surface area contributed by atoms with Crippen LogP contribution in [0.15, 0.2) is 11.0 Å². The summed E-state index contributed by atoms with van der Waals surface area (Å²) >= 11 is 7.26. The van der Waals surface area contributed by atoms with Crippen LogP contribution in [0.3, 0.4) is 0 Å². The van der Waals surface area contributed by atoms with Crippen molar-refractivity contribution < 1.29 is 8.42 Å². The third-order valence-electron chi connectivity index (χ3n) is 3.62. The molecule has 1 unspecified atom stereocenters. The van der Waals surface area contributed by atoms with Crippen LogP contribution in [0.2, 0.25) is 0 Å². The van der Waals surface area contributed by atoms with E-state index in [2.05, 4.69) is 6.92 Å². The number of halogens is 1.